The zero-order valence-corrected chi connectivity index (χ0v) is 10.8. The van der Waals surface area contributed by atoms with Crippen molar-refractivity contribution in [1.29, 1.82) is 0 Å². The standard InChI is InChI=1S/C13H10FNO3S/c1-19-10-6-9(7-2-4-8(14)5-3-7)15-12(16)11(10)13(17)18/h2-6H,1H3,(H,15,16)(H,17,18). The first kappa shape index (κ1) is 13.4. The third kappa shape index (κ3) is 2.68. The number of rotatable bonds is 3. The van der Waals surface area contributed by atoms with E-state index >= 15 is 0 Å². The Balaban J connectivity index is 2.61. The highest BCUT2D eigenvalue weighted by atomic mass is 32.2. The number of aromatic carboxylic acids is 1. The Morgan fingerprint density at radius 2 is 1.95 bits per heavy atom. The maximum absolute atomic E-state index is 12.8. The Hall–Kier alpha value is -2.08. The molecule has 0 aliphatic heterocycles. The molecule has 19 heavy (non-hydrogen) atoms. The van der Waals surface area contributed by atoms with Gasteiger partial charge in [0.25, 0.3) is 5.56 Å². The second kappa shape index (κ2) is 5.27. The molecule has 0 radical (unpaired) electrons. The van der Waals surface area contributed by atoms with E-state index in [4.69, 9.17) is 5.11 Å². The molecule has 1 heterocycles. The highest BCUT2D eigenvalue weighted by molar-refractivity contribution is 7.98. The summed E-state index contributed by atoms with van der Waals surface area (Å²) in [6, 6.07) is 7.16. The minimum Gasteiger partial charge on any atom is -0.477 e. The molecule has 0 bridgehead atoms. The molecule has 1 aromatic heterocycles. The van der Waals surface area contributed by atoms with Gasteiger partial charge in [-0.3, -0.25) is 4.79 Å². The van der Waals surface area contributed by atoms with Crippen molar-refractivity contribution >= 4 is 17.7 Å². The summed E-state index contributed by atoms with van der Waals surface area (Å²) in [5.41, 5.74) is 0.127. The zero-order valence-electron chi connectivity index (χ0n) is 9.94. The van der Waals surface area contributed by atoms with Crippen LogP contribution in [0.4, 0.5) is 4.39 Å². The summed E-state index contributed by atoms with van der Waals surface area (Å²) in [7, 11) is 0. The van der Waals surface area contributed by atoms with Crippen LogP contribution < -0.4 is 5.56 Å². The van der Waals surface area contributed by atoms with E-state index in [2.05, 4.69) is 4.98 Å². The van der Waals surface area contributed by atoms with Crippen LogP contribution in [-0.2, 0) is 0 Å². The fraction of sp³-hybridized carbons (Fsp3) is 0.0769. The predicted molar refractivity (Wildman–Crippen MR) is 71.2 cm³/mol. The van der Waals surface area contributed by atoms with Gasteiger partial charge in [0.2, 0.25) is 0 Å². The molecule has 0 unspecified atom stereocenters. The zero-order chi connectivity index (χ0) is 14.0. The monoisotopic (exact) mass is 279 g/mol. The molecule has 0 aliphatic carbocycles. The van der Waals surface area contributed by atoms with Crippen LogP contribution in [0.2, 0.25) is 0 Å². The molecular weight excluding hydrogens is 269 g/mol. The minimum absolute atomic E-state index is 0.279. The molecule has 2 rings (SSSR count). The average Bonchev–Trinajstić information content (AvgIpc) is 2.38. The van der Waals surface area contributed by atoms with Crippen molar-refractivity contribution in [3.8, 4) is 11.3 Å². The van der Waals surface area contributed by atoms with E-state index in [0.29, 0.717) is 16.2 Å². The Bertz CT molecular complexity index is 679. The maximum atomic E-state index is 12.8. The molecule has 0 spiro atoms. The summed E-state index contributed by atoms with van der Waals surface area (Å²) in [4.78, 5) is 25.7. The number of hydrogen-bond donors (Lipinski definition) is 2. The number of carbonyl (C=O) groups is 1. The summed E-state index contributed by atoms with van der Waals surface area (Å²) in [5, 5.41) is 8.99. The van der Waals surface area contributed by atoms with Crippen LogP contribution in [0.25, 0.3) is 11.3 Å². The van der Waals surface area contributed by atoms with Crippen LogP contribution in [0.1, 0.15) is 10.4 Å². The highest BCUT2D eigenvalue weighted by Gasteiger charge is 2.16. The number of aromatic amines is 1. The summed E-state index contributed by atoms with van der Waals surface area (Å²) in [6.07, 6.45) is 1.69. The first-order chi connectivity index (χ1) is 9.02. The molecule has 0 saturated heterocycles. The van der Waals surface area contributed by atoms with Crippen molar-refractivity contribution in [2.75, 3.05) is 6.26 Å². The summed E-state index contributed by atoms with van der Waals surface area (Å²) >= 11 is 1.17. The van der Waals surface area contributed by atoms with Crippen molar-refractivity contribution < 1.29 is 14.3 Å². The molecule has 0 fully saturated rings. The van der Waals surface area contributed by atoms with Gasteiger partial charge >= 0.3 is 5.97 Å². The van der Waals surface area contributed by atoms with Crippen LogP contribution >= 0.6 is 11.8 Å². The summed E-state index contributed by atoms with van der Waals surface area (Å²) < 4.78 is 12.8. The van der Waals surface area contributed by atoms with Gasteiger partial charge in [0, 0.05) is 10.6 Å². The number of thioether (sulfide) groups is 1. The first-order valence-corrected chi connectivity index (χ1v) is 6.56. The fourth-order valence-electron chi connectivity index (χ4n) is 1.68. The van der Waals surface area contributed by atoms with Gasteiger partial charge in [0.1, 0.15) is 11.4 Å². The normalized spacial score (nSPS) is 10.4. The number of nitrogens with one attached hydrogen (secondary N) is 1. The number of carboxylic acid groups (broad SMARTS) is 1. The summed E-state index contributed by atoms with van der Waals surface area (Å²) in [5.74, 6) is -1.64. The molecule has 2 N–H and O–H groups in total. The van der Waals surface area contributed by atoms with Crippen molar-refractivity contribution in [2.45, 2.75) is 4.90 Å². The molecule has 2 aromatic rings. The van der Waals surface area contributed by atoms with E-state index in [1.165, 1.54) is 36.0 Å². The van der Waals surface area contributed by atoms with Gasteiger partial charge in [0.15, 0.2) is 0 Å². The van der Waals surface area contributed by atoms with Crippen molar-refractivity contribution in [2.24, 2.45) is 0 Å². The van der Waals surface area contributed by atoms with E-state index in [9.17, 15) is 14.0 Å². The van der Waals surface area contributed by atoms with Gasteiger partial charge in [0.05, 0.1) is 0 Å². The topological polar surface area (TPSA) is 70.2 Å². The second-order valence-corrected chi connectivity index (χ2v) is 4.62. The second-order valence-electron chi connectivity index (χ2n) is 3.77. The number of aromatic nitrogens is 1. The van der Waals surface area contributed by atoms with E-state index in [0.717, 1.165) is 0 Å². The van der Waals surface area contributed by atoms with Gasteiger partial charge in [-0.15, -0.1) is 11.8 Å². The molecule has 0 aliphatic rings. The first-order valence-electron chi connectivity index (χ1n) is 5.33. The number of hydrogen-bond acceptors (Lipinski definition) is 3. The maximum Gasteiger partial charge on any atom is 0.342 e. The van der Waals surface area contributed by atoms with Crippen molar-refractivity contribution in [3.05, 3.63) is 52.1 Å². The van der Waals surface area contributed by atoms with E-state index in [-0.39, 0.29) is 11.4 Å². The molecule has 4 nitrogen and oxygen atoms in total. The molecule has 0 atom stereocenters. The number of carboxylic acids is 1. The molecule has 1 aromatic carbocycles. The smallest absolute Gasteiger partial charge is 0.342 e. The third-order valence-corrected chi connectivity index (χ3v) is 3.35. The van der Waals surface area contributed by atoms with Crippen molar-refractivity contribution in [1.82, 2.24) is 4.98 Å². The van der Waals surface area contributed by atoms with Gasteiger partial charge in [-0.2, -0.15) is 0 Å². The van der Waals surface area contributed by atoms with Crippen LogP contribution in [0.3, 0.4) is 0 Å². The molecule has 0 saturated carbocycles. The summed E-state index contributed by atoms with van der Waals surface area (Å²) in [6.45, 7) is 0. The largest absolute Gasteiger partial charge is 0.477 e. The lowest BCUT2D eigenvalue weighted by Gasteiger charge is -2.06. The van der Waals surface area contributed by atoms with Gasteiger partial charge in [-0.05, 0) is 42.2 Å². The lowest BCUT2D eigenvalue weighted by Crippen LogP contribution is -2.19. The lowest BCUT2D eigenvalue weighted by molar-refractivity contribution is 0.0691. The molecular formula is C13H10FNO3S. The minimum atomic E-state index is -1.27. The fourth-order valence-corrected chi connectivity index (χ4v) is 2.30. The van der Waals surface area contributed by atoms with Crippen LogP contribution in [0.15, 0.2) is 40.0 Å². The van der Waals surface area contributed by atoms with E-state index in [1.807, 2.05) is 0 Å². The highest BCUT2D eigenvalue weighted by Crippen LogP contribution is 2.24. The number of pyridine rings is 1. The number of benzene rings is 1. The average molecular weight is 279 g/mol. The molecule has 6 heteroatoms. The Labute approximate surface area is 112 Å². The third-order valence-electron chi connectivity index (χ3n) is 2.59. The van der Waals surface area contributed by atoms with E-state index in [1.54, 1.807) is 12.3 Å². The van der Waals surface area contributed by atoms with Crippen LogP contribution in [-0.4, -0.2) is 22.3 Å². The molecule has 98 valence electrons. The van der Waals surface area contributed by atoms with Crippen molar-refractivity contribution in [3.63, 3.8) is 0 Å². The number of H-pyrrole nitrogens is 1. The lowest BCUT2D eigenvalue weighted by atomic mass is 10.1. The Morgan fingerprint density at radius 3 is 2.47 bits per heavy atom. The van der Waals surface area contributed by atoms with E-state index < -0.39 is 11.5 Å². The van der Waals surface area contributed by atoms with Gasteiger partial charge in [-0.1, -0.05) is 0 Å². The predicted octanol–water partition coefficient (Wildman–Crippen LogP) is 2.60. The van der Waals surface area contributed by atoms with Crippen LogP contribution in [0.5, 0.6) is 0 Å². The molecule has 0 amide bonds. The number of halogens is 1. The Kier molecular flexibility index (Phi) is 3.71. The van der Waals surface area contributed by atoms with Crippen LogP contribution in [0, 0.1) is 5.82 Å². The van der Waals surface area contributed by atoms with Gasteiger partial charge < -0.3 is 10.1 Å². The Morgan fingerprint density at radius 1 is 1.32 bits per heavy atom. The van der Waals surface area contributed by atoms with Gasteiger partial charge in [-0.25, -0.2) is 9.18 Å². The SMILES string of the molecule is CSc1cc(-c2ccc(F)cc2)[nH]c(=O)c1C(=O)O. The quantitative estimate of drug-likeness (QED) is 0.847.